The SMILES string of the molecule is Cc1cnn2ccc(OC(C)C)cc12. The first kappa shape index (κ1) is 9.06. The van der Waals surface area contributed by atoms with Crippen molar-refractivity contribution in [2.75, 3.05) is 0 Å². The van der Waals surface area contributed by atoms with Crippen molar-refractivity contribution in [2.45, 2.75) is 26.9 Å². The number of pyridine rings is 1. The van der Waals surface area contributed by atoms with E-state index < -0.39 is 0 Å². The topological polar surface area (TPSA) is 26.5 Å². The fraction of sp³-hybridized carbons (Fsp3) is 0.364. The summed E-state index contributed by atoms with van der Waals surface area (Å²) in [6.45, 7) is 6.09. The van der Waals surface area contributed by atoms with Crippen molar-refractivity contribution in [1.29, 1.82) is 0 Å². The lowest BCUT2D eigenvalue weighted by Gasteiger charge is -2.09. The van der Waals surface area contributed by atoms with Gasteiger partial charge in [-0.3, -0.25) is 0 Å². The summed E-state index contributed by atoms with van der Waals surface area (Å²) in [6.07, 6.45) is 3.98. The largest absolute Gasteiger partial charge is 0.491 e. The van der Waals surface area contributed by atoms with Crippen LogP contribution in [0.25, 0.3) is 5.52 Å². The van der Waals surface area contributed by atoms with Gasteiger partial charge in [-0.15, -0.1) is 0 Å². The van der Waals surface area contributed by atoms with E-state index in [1.165, 1.54) is 5.56 Å². The molecular formula is C11H14N2O. The molecule has 0 amide bonds. The van der Waals surface area contributed by atoms with Crippen molar-refractivity contribution in [2.24, 2.45) is 0 Å². The van der Waals surface area contributed by atoms with Gasteiger partial charge in [-0.25, -0.2) is 4.52 Å². The Hall–Kier alpha value is -1.51. The first-order chi connectivity index (χ1) is 6.66. The van der Waals surface area contributed by atoms with Crippen LogP contribution >= 0.6 is 0 Å². The van der Waals surface area contributed by atoms with Gasteiger partial charge in [-0.1, -0.05) is 0 Å². The van der Waals surface area contributed by atoms with E-state index >= 15 is 0 Å². The Bertz CT molecular complexity index is 445. The molecule has 0 fully saturated rings. The lowest BCUT2D eigenvalue weighted by molar-refractivity contribution is 0.242. The maximum absolute atomic E-state index is 5.61. The average Bonchev–Trinajstić information content (AvgIpc) is 2.47. The predicted molar refractivity (Wildman–Crippen MR) is 55.7 cm³/mol. The Morgan fingerprint density at radius 1 is 1.43 bits per heavy atom. The number of hydrogen-bond donors (Lipinski definition) is 0. The molecule has 0 unspecified atom stereocenters. The summed E-state index contributed by atoms with van der Waals surface area (Å²) in [7, 11) is 0. The molecule has 0 aliphatic heterocycles. The minimum absolute atomic E-state index is 0.209. The molecule has 2 heterocycles. The number of rotatable bonds is 2. The molecule has 0 spiro atoms. The molecule has 14 heavy (non-hydrogen) atoms. The van der Waals surface area contributed by atoms with Crippen LogP contribution < -0.4 is 4.74 Å². The zero-order valence-electron chi connectivity index (χ0n) is 8.69. The molecule has 0 N–H and O–H groups in total. The summed E-state index contributed by atoms with van der Waals surface area (Å²) in [5, 5.41) is 4.20. The van der Waals surface area contributed by atoms with Crippen LogP contribution in [0.15, 0.2) is 24.5 Å². The van der Waals surface area contributed by atoms with E-state index in [0.29, 0.717) is 0 Å². The van der Waals surface area contributed by atoms with Crippen LogP contribution in [0.5, 0.6) is 5.75 Å². The van der Waals surface area contributed by atoms with Gasteiger partial charge in [-0.05, 0) is 32.4 Å². The molecule has 0 aliphatic carbocycles. The first-order valence-corrected chi connectivity index (χ1v) is 4.77. The minimum atomic E-state index is 0.209. The Kier molecular flexibility index (Phi) is 2.15. The molecule has 0 saturated heterocycles. The van der Waals surface area contributed by atoms with Gasteiger partial charge in [0.25, 0.3) is 0 Å². The highest BCUT2D eigenvalue weighted by Crippen LogP contribution is 2.17. The number of nitrogens with zero attached hydrogens (tertiary/aromatic N) is 2. The van der Waals surface area contributed by atoms with E-state index in [0.717, 1.165) is 11.3 Å². The van der Waals surface area contributed by atoms with Gasteiger partial charge in [-0.2, -0.15) is 5.10 Å². The third kappa shape index (κ3) is 1.58. The number of hydrogen-bond acceptors (Lipinski definition) is 2. The van der Waals surface area contributed by atoms with Crippen LogP contribution in [0, 0.1) is 6.92 Å². The van der Waals surface area contributed by atoms with Crippen molar-refractivity contribution in [3.05, 3.63) is 30.1 Å². The second-order valence-corrected chi connectivity index (χ2v) is 3.69. The highest BCUT2D eigenvalue weighted by molar-refractivity contribution is 5.56. The average molecular weight is 190 g/mol. The fourth-order valence-corrected chi connectivity index (χ4v) is 1.43. The van der Waals surface area contributed by atoms with E-state index in [-0.39, 0.29) is 6.10 Å². The standard InChI is InChI=1S/C11H14N2O/c1-8(2)14-10-4-5-13-11(6-10)9(3)7-12-13/h4-8H,1-3H3. The van der Waals surface area contributed by atoms with Crippen LogP contribution in [0.2, 0.25) is 0 Å². The van der Waals surface area contributed by atoms with Crippen LogP contribution in [-0.2, 0) is 0 Å². The second kappa shape index (κ2) is 3.33. The van der Waals surface area contributed by atoms with Gasteiger partial charge < -0.3 is 4.74 Å². The molecule has 0 bridgehead atoms. The fourth-order valence-electron chi connectivity index (χ4n) is 1.43. The Balaban J connectivity index is 2.44. The van der Waals surface area contributed by atoms with Gasteiger partial charge >= 0.3 is 0 Å². The van der Waals surface area contributed by atoms with Gasteiger partial charge in [0.15, 0.2) is 0 Å². The third-order valence-electron chi connectivity index (χ3n) is 2.06. The predicted octanol–water partition coefficient (Wildman–Crippen LogP) is 2.43. The normalized spacial score (nSPS) is 11.1. The lowest BCUT2D eigenvalue weighted by Crippen LogP contribution is -2.05. The van der Waals surface area contributed by atoms with Crippen molar-refractivity contribution >= 4 is 5.52 Å². The summed E-state index contributed by atoms with van der Waals surface area (Å²) in [5.41, 5.74) is 2.27. The Labute approximate surface area is 83.3 Å². The third-order valence-corrected chi connectivity index (χ3v) is 2.06. The van der Waals surface area contributed by atoms with Gasteiger partial charge in [0.2, 0.25) is 0 Å². The highest BCUT2D eigenvalue weighted by atomic mass is 16.5. The molecule has 2 aromatic heterocycles. The zero-order valence-corrected chi connectivity index (χ0v) is 8.69. The summed E-state index contributed by atoms with van der Waals surface area (Å²) in [6, 6.07) is 3.95. The number of fused-ring (bicyclic) bond motifs is 1. The maximum atomic E-state index is 5.61. The monoisotopic (exact) mass is 190 g/mol. The van der Waals surface area contributed by atoms with Gasteiger partial charge in [0.05, 0.1) is 17.8 Å². The lowest BCUT2D eigenvalue weighted by atomic mass is 10.3. The van der Waals surface area contributed by atoms with Crippen molar-refractivity contribution < 1.29 is 4.74 Å². The smallest absolute Gasteiger partial charge is 0.123 e. The molecule has 0 aromatic carbocycles. The number of aryl methyl sites for hydroxylation is 1. The van der Waals surface area contributed by atoms with Crippen LogP contribution in [0.4, 0.5) is 0 Å². The number of aromatic nitrogens is 2. The highest BCUT2D eigenvalue weighted by Gasteiger charge is 2.02. The van der Waals surface area contributed by atoms with E-state index in [1.807, 2.05) is 49.8 Å². The molecule has 0 radical (unpaired) electrons. The Morgan fingerprint density at radius 2 is 2.21 bits per heavy atom. The van der Waals surface area contributed by atoms with E-state index in [4.69, 9.17) is 4.74 Å². The molecule has 2 rings (SSSR count). The van der Waals surface area contributed by atoms with E-state index in [2.05, 4.69) is 5.10 Å². The molecule has 2 aromatic rings. The molecule has 0 aliphatic rings. The van der Waals surface area contributed by atoms with E-state index in [1.54, 1.807) is 0 Å². The molecule has 0 atom stereocenters. The van der Waals surface area contributed by atoms with Gasteiger partial charge in [0, 0.05) is 12.3 Å². The van der Waals surface area contributed by atoms with E-state index in [9.17, 15) is 0 Å². The molecule has 3 heteroatoms. The van der Waals surface area contributed by atoms with Crippen LogP contribution in [-0.4, -0.2) is 15.7 Å². The summed E-state index contributed by atoms with van der Waals surface area (Å²) < 4.78 is 7.46. The van der Waals surface area contributed by atoms with Crippen LogP contribution in [0.1, 0.15) is 19.4 Å². The van der Waals surface area contributed by atoms with Crippen molar-refractivity contribution in [3.8, 4) is 5.75 Å². The van der Waals surface area contributed by atoms with Crippen LogP contribution in [0.3, 0.4) is 0 Å². The summed E-state index contributed by atoms with van der Waals surface area (Å²) in [4.78, 5) is 0. The second-order valence-electron chi connectivity index (χ2n) is 3.69. The zero-order chi connectivity index (χ0) is 10.1. The minimum Gasteiger partial charge on any atom is -0.491 e. The quantitative estimate of drug-likeness (QED) is 0.727. The van der Waals surface area contributed by atoms with Gasteiger partial charge in [0.1, 0.15) is 5.75 Å². The maximum Gasteiger partial charge on any atom is 0.123 e. The summed E-state index contributed by atoms with van der Waals surface area (Å²) in [5.74, 6) is 0.899. The summed E-state index contributed by atoms with van der Waals surface area (Å²) >= 11 is 0. The first-order valence-electron chi connectivity index (χ1n) is 4.77. The molecule has 74 valence electrons. The molecule has 3 nitrogen and oxygen atoms in total. The van der Waals surface area contributed by atoms with Crippen molar-refractivity contribution in [1.82, 2.24) is 9.61 Å². The molecule has 0 saturated carbocycles. The van der Waals surface area contributed by atoms with Crippen molar-refractivity contribution in [3.63, 3.8) is 0 Å². The number of ether oxygens (including phenoxy) is 1. The Morgan fingerprint density at radius 3 is 2.93 bits per heavy atom. The molecular weight excluding hydrogens is 176 g/mol.